The molecule has 4 heteroatoms. The van der Waals surface area contributed by atoms with Gasteiger partial charge in [0.15, 0.2) is 0 Å². The average Bonchev–Trinajstić information content (AvgIpc) is 2.84. The zero-order chi connectivity index (χ0) is 18.8. The lowest BCUT2D eigenvalue weighted by atomic mass is 9.82. The molecule has 0 aromatic heterocycles. The van der Waals surface area contributed by atoms with Crippen molar-refractivity contribution in [2.75, 3.05) is 0 Å². The van der Waals surface area contributed by atoms with E-state index in [9.17, 15) is 9.90 Å². The van der Waals surface area contributed by atoms with Crippen LogP contribution in [-0.2, 0) is 11.2 Å². The Morgan fingerprint density at radius 1 is 1.15 bits per heavy atom. The third-order valence-electron chi connectivity index (χ3n) is 5.66. The van der Waals surface area contributed by atoms with Crippen molar-refractivity contribution in [1.29, 1.82) is 0 Å². The highest BCUT2D eigenvalue weighted by Gasteiger charge is 2.49. The first-order valence-corrected chi connectivity index (χ1v) is 10.0. The van der Waals surface area contributed by atoms with Gasteiger partial charge < -0.3 is 14.7 Å². The highest BCUT2D eigenvalue weighted by Crippen LogP contribution is 2.43. The van der Waals surface area contributed by atoms with Gasteiger partial charge in [-0.15, -0.1) is 0 Å². The van der Waals surface area contributed by atoms with Gasteiger partial charge in [0, 0.05) is 12.1 Å². The molecule has 2 fully saturated rings. The molecule has 0 radical (unpaired) electrons. The Hall–Kier alpha value is -1.55. The highest BCUT2D eigenvalue weighted by atomic mass is 16.6. The monoisotopic (exact) mass is 359 g/mol. The Morgan fingerprint density at radius 2 is 1.77 bits per heavy atom. The maximum absolute atomic E-state index is 12.5. The molecule has 1 aromatic carbocycles. The Bertz CT molecular complexity index is 594. The molecule has 2 heterocycles. The van der Waals surface area contributed by atoms with Gasteiger partial charge in [0.2, 0.25) is 0 Å². The number of unbranched alkanes of at least 4 members (excludes halogenated alkanes) is 1. The van der Waals surface area contributed by atoms with Gasteiger partial charge >= 0.3 is 6.09 Å². The van der Waals surface area contributed by atoms with Crippen LogP contribution < -0.4 is 0 Å². The predicted octanol–water partition coefficient (Wildman–Crippen LogP) is 4.69. The van der Waals surface area contributed by atoms with E-state index in [1.807, 2.05) is 31.7 Å². The summed E-state index contributed by atoms with van der Waals surface area (Å²) in [5, 5.41) is 11.1. The number of hydrogen-bond acceptors (Lipinski definition) is 3. The Kier molecular flexibility index (Phi) is 5.61. The molecule has 1 N–H and O–H groups in total. The molecule has 0 saturated carbocycles. The van der Waals surface area contributed by atoms with Gasteiger partial charge in [0.1, 0.15) is 5.60 Å². The van der Waals surface area contributed by atoms with Crippen molar-refractivity contribution < 1.29 is 14.6 Å². The van der Waals surface area contributed by atoms with E-state index in [0.29, 0.717) is 12.8 Å². The summed E-state index contributed by atoms with van der Waals surface area (Å²) in [5.74, 6) is 0. The quantitative estimate of drug-likeness (QED) is 0.776. The molecule has 2 atom stereocenters. The summed E-state index contributed by atoms with van der Waals surface area (Å²) in [6.07, 6.45) is 7.14. The van der Waals surface area contributed by atoms with Gasteiger partial charge in [-0.25, -0.2) is 4.79 Å². The molecule has 4 nitrogen and oxygen atoms in total. The van der Waals surface area contributed by atoms with Crippen LogP contribution in [0.15, 0.2) is 30.3 Å². The number of nitrogens with zero attached hydrogens (tertiary/aromatic N) is 1. The summed E-state index contributed by atoms with van der Waals surface area (Å²) < 4.78 is 5.58. The van der Waals surface area contributed by atoms with Crippen LogP contribution in [0.5, 0.6) is 0 Å². The molecule has 26 heavy (non-hydrogen) atoms. The fraction of sp³-hybridized carbons (Fsp3) is 0.682. The maximum atomic E-state index is 12.5. The van der Waals surface area contributed by atoms with E-state index < -0.39 is 11.2 Å². The van der Waals surface area contributed by atoms with Gasteiger partial charge in [-0.1, -0.05) is 36.8 Å². The van der Waals surface area contributed by atoms with Gasteiger partial charge in [-0.05, 0) is 71.3 Å². The molecule has 2 bridgehead atoms. The lowest BCUT2D eigenvalue weighted by Crippen LogP contribution is -2.54. The molecule has 0 spiro atoms. The van der Waals surface area contributed by atoms with E-state index in [0.717, 1.165) is 38.5 Å². The molecular weight excluding hydrogens is 326 g/mol. The molecule has 2 aliphatic rings. The molecule has 2 aliphatic heterocycles. The maximum Gasteiger partial charge on any atom is 0.410 e. The van der Waals surface area contributed by atoms with Crippen LogP contribution in [0, 0.1) is 0 Å². The Morgan fingerprint density at radius 3 is 2.35 bits per heavy atom. The van der Waals surface area contributed by atoms with Crippen LogP contribution >= 0.6 is 0 Å². The normalized spacial score (nSPS) is 28.2. The molecular formula is C22H33NO3. The molecule has 2 saturated heterocycles. The summed E-state index contributed by atoms with van der Waals surface area (Å²) in [7, 11) is 0. The summed E-state index contributed by atoms with van der Waals surface area (Å²) >= 11 is 0. The first-order valence-electron chi connectivity index (χ1n) is 10.0. The van der Waals surface area contributed by atoms with Crippen LogP contribution in [0.4, 0.5) is 4.79 Å². The lowest BCUT2D eigenvalue weighted by Gasteiger charge is -2.44. The number of carbonyl (C=O) groups excluding carboxylic acids is 1. The standard InChI is InChI=1S/C22H33NO3/c1-21(2,3)26-20(24)23-18-12-13-19(23)16-22(25,15-18)14-8-7-11-17-9-5-4-6-10-17/h4-6,9-10,18-19,25H,7-8,11-16H2,1-3H3. The van der Waals surface area contributed by atoms with Crippen molar-refractivity contribution in [2.24, 2.45) is 0 Å². The van der Waals surface area contributed by atoms with E-state index in [1.165, 1.54) is 5.56 Å². The SMILES string of the molecule is CC(C)(C)OC(=O)N1C2CCC1CC(O)(CCCCc1ccccc1)C2. The topological polar surface area (TPSA) is 49.8 Å². The summed E-state index contributed by atoms with van der Waals surface area (Å²) in [6.45, 7) is 5.71. The second-order valence-electron chi connectivity index (χ2n) is 9.10. The van der Waals surface area contributed by atoms with Crippen molar-refractivity contribution in [3.05, 3.63) is 35.9 Å². The van der Waals surface area contributed by atoms with Crippen LogP contribution in [-0.4, -0.2) is 39.4 Å². The van der Waals surface area contributed by atoms with Crippen molar-refractivity contribution in [1.82, 2.24) is 4.90 Å². The molecule has 2 unspecified atom stereocenters. The van der Waals surface area contributed by atoms with E-state index in [-0.39, 0.29) is 18.2 Å². The smallest absolute Gasteiger partial charge is 0.410 e. The highest BCUT2D eigenvalue weighted by molar-refractivity contribution is 5.69. The van der Waals surface area contributed by atoms with Gasteiger partial charge in [-0.3, -0.25) is 0 Å². The van der Waals surface area contributed by atoms with Crippen LogP contribution in [0.25, 0.3) is 0 Å². The number of benzene rings is 1. The second kappa shape index (κ2) is 7.59. The average molecular weight is 360 g/mol. The first-order chi connectivity index (χ1) is 12.3. The zero-order valence-corrected chi connectivity index (χ0v) is 16.4. The fourth-order valence-electron chi connectivity index (χ4n) is 4.57. The third-order valence-corrected chi connectivity index (χ3v) is 5.66. The third kappa shape index (κ3) is 4.79. The number of amides is 1. The second-order valence-corrected chi connectivity index (χ2v) is 9.10. The van der Waals surface area contributed by atoms with E-state index >= 15 is 0 Å². The minimum Gasteiger partial charge on any atom is -0.444 e. The summed E-state index contributed by atoms with van der Waals surface area (Å²) in [6, 6.07) is 10.8. The Balaban J connectivity index is 1.50. The van der Waals surface area contributed by atoms with Crippen LogP contribution in [0.3, 0.4) is 0 Å². The number of piperidine rings is 1. The minimum absolute atomic E-state index is 0.128. The predicted molar refractivity (Wildman–Crippen MR) is 103 cm³/mol. The van der Waals surface area contributed by atoms with Gasteiger partial charge in [0.05, 0.1) is 5.60 Å². The Labute approximate surface area is 157 Å². The molecule has 0 aliphatic carbocycles. The van der Waals surface area contributed by atoms with Crippen molar-refractivity contribution in [3.63, 3.8) is 0 Å². The fourth-order valence-corrected chi connectivity index (χ4v) is 4.57. The number of hydrogen-bond donors (Lipinski definition) is 1. The van der Waals surface area contributed by atoms with E-state index in [1.54, 1.807) is 0 Å². The van der Waals surface area contributed by atoms with Crippen molar-refractivity contribution in [3.8, 4) is 0 Å². The number of ether oxygens (including phenoxy) is 1. The zero-order valence-electron chi connectivity index (χ0n) is 16.4. The number of aryl methyl sites for hydroxylation is 1. The van der Waals surface area contributed by atoms with Crippen molar-refractivity contribution >= 4 is 6.09 Å². The number of carbonyl (C=O) groups is 1. The number of fused-ring (bicyclic) bond motifs is 2. The largest absolute Gasteiger partial charge is 0.444 e. The van der Waals surface area contributed by atoms with Crippen LogP contribution in [0.2, 0.25) is 0 Å². The summed E-state index contributed by atoms with van der Waals surface area (Å²) in [5.41, 5.74) is 0.266. The molecule has 144 valence electrons. The van der Waals surface area contributed by atoms with Crippen LogP contribution in [0.1, 0.15) is 71.3 Å². The lowest BCUT2D eigenvalue weighted by molar-refractivity contribution is -0.0635. The van der Waals surface area contributed by atoms with E-state index in [4.69, 9.17) is 4.74 Å². The molecule has 1 aromatic rings. The van der Waals surface area contributed by atoms with Gasteiger partial charge in [0.25, 0.3) is 0 Å². The number of rotatable bonds is 5. The minimum atomic E-state index is -0.624. The van der Waals surface area contributed by atoms with E-state index in [2.05, 4.69) is 24.3 Å². The first kappa shape index (κ1) is 19.2. The summed E-state index contributed by atoms with van der Waals surface area (Å²) in [4.78, 5) is 14.4. The molecule has 1 amide bonds. The molecule has 3 rings (SSSR count). The van der Waals surface area contributed by atoms with Crippen molar-refractivity contribution in [2.45, 2.75) is 95.4 Å². The number of aliphatic hydroxyl groups is 1. The van der Waals surface area contributed by atoms with Gasteiger partial charge in [-0.2, -0.15) is 0 Å².